The van der Waals surface area contributed by atoms with Gasteiger partial charge in [0.05, 0.1) is 18.1 Å². The third kappa shape index (κ3) is 5.26. The first-order valence-electron chi connectivity index (χ1n) is 12.3. The van der Waals surface area contributed by atoms with Gasteiger partial charge in [0, 0.05) is 18.6 Å². The molecule has 0 aromatic heterocycles. The van der Waals surface area contributed by atoms with Gasteiger partial charge in [-0.15, -0.1) is 0 Å². The van der Waals surface area contributed by atoms with Crippen LogP contribution in [-0.4, -0.2) is 40.6 Å². The van der Waals surface area contributed by atoms with Gasteiger partial charge in [-0.25, -0.2) is 0 Å². The number of likely N-dealkylation sites (tertiary alicyclic amines) is 1. The lowest BCUT2D eigenvalue weighted by atomic mass is 9.69. The van der Waals surface area contributed by atoms with E-state index in [0.717, 1.165) is 41.8 Å². The summed E-state index contributed by atoms with van der Waals surface area (Å²) in [7, 11) is 0. The zero-order chi connectivity index (χ0) is 25.1. The molecule has 3 aromatic carbocycles. The van der Waals surface area contributed by atoms with Crippen molar-refractivity contribution in [3.63, 3.8) is 0 Å². The van der Waals surface area contributed by atoms with Crippen molar-refractivity contribution >= 4 is 5.91 Å². The Hall–Kier alpha value is -3.15. The highest BCUT2D eigenvalue weighted by Crippen LogP contribution is 2.40. The molecule has 1 saturated heterocycles. The van der Waals surface area contributed by atoms with E-state index in [1.54, 1.807) is 6.07 Å². The number of carbonyl (C=O) groups excluding carboxylic acids is 1. The van der Waals surface area contributed by atoms with E-state index in [1.807, 2.05) is 79.7 Å². The van der Waals surface area contributed by atoms with Gasteiger partial charge in [-0.1, -0.05) is 72.8 Å². The fourth-order valence-corrected chi connectivity index (χ4v) is 4.96. The van der Waals surface area contributed by atoms with Crippen LogP contribution in [0.2, 0.25) is 0 Å². The van der Waals surface area contributed by atoms with Gasteiger partial charge in [0.25, 0.3) is 0 Å². The number of aryl methyl sites for hydroxylation is 1. The number of nitrogens with zero attached hydrogens (tertiary/aromatic N) is 1. The van der Waals surface area contributed by atoms with Gasteiger partial charge >= 0.3 is 0 Å². The molecule has 0 unspecified atom stereocenters. The van der Waals surface area contributed by atoms with E-state index in [0.29, 0.717) is 18.8 Å². The molecule has 4 rings (SSSR count). The highest BCUT2D eigenvalue weighted by atomic mass is 16.5. The number of phenolic OH excluding ortho intramolecular Hbond substituents is 1. The maximum absolute atomic E-state index is 13.1. The summed E-state index contributed by atoms with van der Waals surface area (Å²) < 4.78 is 6.08. The Labute approximate surface area is 208 Å². The highest BCUT2D eigenvalue weighted by molar-refractivity contribution is 5.90. The van der Waals surface area contributed by atoms with Gasteiger partial charge in [0.15, 0.2) is 0 Å². The average molecular weight is 473 g/mol. The Bertz CT molecular complexity index is 1100. The SMILES string of the molecule is Cc1ccc(COC2CN(C(C)(C)CCC(C(N)=O)(c3ccccc3)c3ccccc3)C2)cc1O. The minimum atomic E-state index is -0.881. The summed E-state index contributed by atoms with van der Waals surface area (Å²) in [5.41, 5.74) is 8.84. The number of ether oxygens (including phenoxy) is 1. The van der Waals surface area contributed by atoms with Crippen LogP contribution in [0.1, 0.15) is 48.9 Å². The molecule has 184 valence electrons. The number of hydrogen-bond acceptors (Lipinski definition) is 4. The van der Waals surface area contributed by atoms with Crippen molar-refractivity contribution in [3.05, 3.63) is 101 Å². The van der Waals surface area contributed by atoms with E-state index in [2.05, 4.69) is 18.7 Å². The minimum absolute atomic E-state index is 0.119. The van der Waals surface area contributed by atoms with Crippen molar-refractivity contribution in [2.45, 2.75) is 57.3 Å². The summed E-state index contributed by atoms with van der Waals surface area (Å²) in [5.74, 6) is -0.0193. The number of primary amides is 1. The smallest absolute Gasteiger partial charge is 0.232 e. The van der Waals surface area contributed by atoms with Crippen LogP contribution in [0.25, 0.3) is 0 Å². The lowest BCUT2D eigenvalue weighted by Gasteiger charge is -2.50. The lowest BCUT2D eigenvalue weighted by Crippen LogP contribution is -2.61. The Kier molecular flexibility index (Phi) is 7.29. The average Bonchev–Trinajstić information content (AvgIpc) is 2.82. The standard InChI is InChI=1S/C30H36N2O3/c1-22-14-15-23(18-27(22)33)21-35-26-19-32(20-26)29(2,3)16-17-30(28(31)34,24-10-6-4-7-11-24)25-12-8-5-9-13-25/h4-15,18,26,33H,16-17,19-21H2,1-3H3,(H2,31,34). The predicted molar refractivity (Wildman–Crippen MR) is 139 cm³/mol. The molecule has 0 aliphatic carbocycles. The summed E-state index contributed by atoms with van der Waals surface area (Å²) >= 11 is 0. The van der Waals surface area contributed by atoms with Crippen LogP contribution < -0.4 is 5.73 Å². The molecule has 35 heavy (non-hydrogen) atoms. The first-order valence-corrected chi connectivity index (χ1v) is 12.3. The van der Waals surface area contributed by atoms with Crippen LogP contribution in [0.3, 0.4) is 0 Å². The molecule has 0 spiro atoms. The van der Waals surface area contributed by atoms with Gasteiger partial charge in [-0.3, -0.25) is 9.69 Å². The highest BCUT2D eigenvalue weighted by Gasteiger charge is 2.44. The normalized spacial score (nSPS) is 15.1. The molecule has 1 fully saturated rings. The second-order valence-corrected chi connectivity index (χ2v) is 10.3. The van der Waals surface area contributed by atoms with E-state index in [-0.39, 0.29) is 17.6 Å². The van der Waals surface area contributed by atoms with Gasteiger partial charge in [0.2, 0.25) is 5.91 Å². The van der Waals surface area contributed by atoms with Gasteiger partial charge in [-0.05, 0) is 61.9 Å². The molecule has 1 heterocycles. The van der Waals surface area contributed by atoms with Crippen molar-refractivity contribution in [1.82, 2.24) is 4.90 Å². The largest absolute Gasteiger partial charge is 0.508 e. The summed E-state index contributed by atoms with van der Waals surface area (Å²) in [6.07, 6.45) is 1.58. The molecule has 0 saturated carbocycles. The predicted octanol–water partition coefficient (Wildman–Crippen LogP) is 4.93. The molecule has 5 heteroatoms. The maximum atomic E-state index is 13.1. The van der Waals surface area contributed by atoms with Crippen LogP contribution >= 0.6 is 0 Å². The molecule has 3 N–H and O–H groups in total. The fraction of sp³-hybridized carbons (Fsp3) is 0.367. The van der Waals surface area contributed by atoms with E-state index in [1.165, 1.54) is 0 Å². The first kappa shape index (κ1) is 25.0. The van der Waals surface area contributed by atoms with E-state index >= 15 is 0 Å². The van der Waals surface area contributed by atoms with Crippen molar-refractivity contribution in [2.75, 3.05) is 13.1 Å². The quantitative estimate of drug-likeness (QED) is 0.439. The summed E-state index contributed by atoms with van der Waals surface area (Å²) in [5, 5.41) is 9.92. The lowest BCUT2D eigenvalue weighted by molar-refractivity contribution is -0.123. The van der Waals surface area contributed by atoms with Crippen molar-refractivity contribution in [3.8, 4) is 5.75 Å². The van der Waals surface area contributed by atoms with Gasteiger partial charge in [0.1, 0.15) is 5.75 Å². The molecule has 1 aliphatic heterocycles. The number of phenols is 1. The number of carbonyl (C=O) groups is 1. The number of benzene rings is 3. The van der Waals surface area contributed by atoms with Crippen molar-refractivity contribution < 1.29 is 14.6 Å². The molecule has 3 aromatic rings. The fourth-order valence-electron chi connectivity index (χ4n) is 4.96. The van der Waals surface area contributed by atoms with Gasteiger partial charge < -0.3 is 15.6 Å². The Morgan fingerprint density at radius 2 is 1.54 bits per heavy atom. The van der Waals surface area contributed by atoms with Gasteiger partial charge in [-0.2, -0.15) is 0 Å². The third-order valence-corrected chi connectivity index (χ3v) is 7.53. The van der Waals surface area contributed by atoms with Crippen LogP contribution in [0.4, 0.5) is 0 Å². The zero-order valence-corrected chi connectivity index (χ0v) is 20.9. The minimum Gasteiger partial charge on any atom is -0.508 e. The van der Waals surface area contributed by atoms with Crippen molar-refractivity contribution in [1.29, 1.82) is 0 Å². The Balaban J connectivity index is 1.42. The molecule has 5 nitrogen and oxygen atoms in total. The topological polar surface area (TPSA) is 75.8 Å². The summed E-state index contributed by atoms with van der Waals surface area (Å²) in [6, 6.07) is 25.5. The number of rotatable bonds is 10. The van der Waals surface area contributed by atoms with Crippen LogP contribution in [0.15, 0.2) is 78.9 Å². The Morgan fingerprint density at radius 1 is 0.971 bits per heavy atom. The Morgan fingerprint density at radius 3 is 2.06 bits per heavy atom. The molecule has 0 radical (unpaired) electrons. The molecular weight excluding hydrogens is 436 g/mol. The van der Waals surface area contributed by atoms with Crippen LogP contribution in [0, 0.1) is 6.92 Å². The second kappa shape index (κ2) is 10.2. The summed E-state index contributed by atoms with van der Waals surface area (Å²) in [4.78, 5) is 15.5. The van der Waals surface area contributed by atoms with Crippen molar-refractivity contribution in [2.24, 2.45) is 5.73 Å². The maximum Gasteiger partial charge on any atom is 0.232 e. The summed E-state index contributed by atoms with van der Waals surface area (Å²) in [6.45, 7) is 8.50. The third-order valence-electron chi connectivity index (χ3n) is 7.53. The number of hydrogen-bond donors (Lipinski definition) is 2. The number of amides is 1. The van der Waals surface area contributed by atoms with E-state index < -0.39 is 5.41 Å². The first-order chi connectivity index (χ1) is 16.7. The molecule has 1 aliphatic rings. The second-order valence-electron chi connectivity index (χ2n) is 10.3. The number of nitrogens with two attached hydrogens (primary N) is 1. The monoisotopic (exact) mass is 472 g/mol. The molecule has 0 bridgehead atoms. The number of aromatic hydroxyl groups is 1. The van der Waals surface area contributed by atoms with Crippen LogP contribution in [-0.2, 0) is 21.6 Å². The van der Waals surface area contributed by atoms with Crippen LogP contribution in [0.5, 0.6) is 5.75 Å². The zero-order valence-electron chi connectivity index (χ0n) is 20.9. The molecular formula is C30H36N2O3. The van der Waals surface area contributed by atoms with E-state index in [4.69, 9.17) is 10.5 Å². The molecule has 1 amide bonds. The molecule has 0 atom stereocenters. The van der Waals surface area contributed by atoms with E-state index in [9.17, 15) is 9.90 Å².